The van der Waals surface area contributed by atoms with Gasteiger partial charge in [0.1, 0.15) is 6.10 Å². The molecule has 0 saturated carbocycles. The maximum absolute atomic E-state index is 12.6. The number of rotatable bonds is 1. The Bertz CT molecular complexity index is 858. The fourth-order valence-electron chi connectivity index (χ4n) is 4.20. The second kappa shape index (κ2) is 6.50. The van der Waals surface area contributed by atoms with Crippen molar-refractivity contribution in [1.29, 1.82) is 0 Å². The standard InChI is InChI=1S/C18H23N3O3.ClH/c1-10-6-15-16(7-11(10)2)21(17(22)19-15)18(23)24-14-8-12-4-5-13(9-14)20(12)3;/h6-7,12-14H,4-5,8-9H2,1-3H3,(H,19,22);1H. The summed E-state index contributed by atoms with van der Waals surface area (Å²) >= 11 is 0. The summed E-state index contributed by atoms with van der Waals surface area (Å²) in [5, 5.41) is 0. The lowest BCUT2D eigenvalue weighted by Gasteiger charge is -2.35. The zero-order chi connectivity index (χ0) is 17.0. The molecule has 2 bridgehead atoms. The van der Waals surface area contributed by atoms with Crippen molar-refractivity contribution in [3.8, 4) is 0 Å². The summed E-state index contributed by atoms with van der Waals surface area (Å²) in [6.45, 7) is 3.95. The quantitative estimate of drug-likeness (QED) is 0.843. The Kier molecular flexibility index (Phi) is 4.68. The first-order valence-corrected chi connectivity index (χ1v) is 8.59. The maximum Gasteiger partial charge on any atom is 0.423 e. The highest BCUT2D eigenvalue weighted by Crippen LogP contribution is 2.35. The van der Waals surface area contributed by atoms with E-state index >= 15 is 0 Å². The number of halogens is 1. The van der Waals surface area contributed by atoms with E-state index in [4.69, 9.17) is 4.74 Å². The number of H-pyrrole nitrogens is 1. The molecule has 1 aromatic carbocycles. The van der Waals surface area contributed by atoms with Gasteiger partial charge < -0.3 is 14.6 Å². The predicted molar refractivity (Wildman–Crippen MR) is 98.8 cm³/mol. The van der Waals surface area contributed by atoms with Gasteiger partial charge in [0, 0.05) is 24.9 Å². The number of ether oxygens (including phenoxy) is 1. The van der Waals surface area contributed by atoms with Gasteiger partial charge in [-0.25, -0.2) is 9.59 Å². The number of fused-ring (bicyclic) bond motifs is 3. The smallest absolute Gasteiger partial charge is 0.423 e. The van der Waals surface area contributed by atoms with Crippen molar-refractivity contribution in [2.45, 2.75) is 57.7 Å². The van der Waals surface area contributed by atoms with E-state index in [1.807, 2.05) is 26.0 Å². The molecule has 6 nitrogen and oxygen atoms in total. The van der Waals surface area contributed by atoms with E-state index in [0.29, 0.717) is 23.1 Å². The van der Waals surface area contributed by atoms with Crippen LogP contribution in [0.15, 0.2) is 16.9 Å². The van der Waals surface area contributed by atoms with Gasteiger partial charge in [0.05, 0.1) is 11.0 Å². The second-order valence-corrected chi connectivity index (χ2v) is 7.25. The van der Waals surface area contributed by atoms with Gasteiger partial charge in [-0.15, -0.1) is 12.4 Å². The zero-order valence-corrected chi connectivity index (χ0v) is 15.6. The van der Waals surface area contributed by atoms with E-state index < -0.39 is 11.8 Å². The van der Waals surface area contributed by atoms with Gasteiger partial charge in [0.25, 0.3) is 0 Å². The largest absolute Gasteiger partial charge is 0.445 e. The summed E-state index contributed by atoms with van der Waals surface area (Å²) in [6, 6.07) is 4.74. The average Bonchev–Trinajstić information content (AvgIpc) is 2.91. The highest BCUT2D eigenvalue weighted by molar-refractivity contribution is 5.87. The summed E-state index contributed by atoms with van der Waals surface area (Å²) in [5.41, 5.74) is 2.94. The number of carbonyl (C=O) groups is 1. The summed E-state index contributed by atoms with van der Waals surface area (Å²) in [4.78, 5) is 30.0. The Labute approximate surface area is 152 Å². The van der Waals surface area contributed by atoms with Crippen LogP contribution in [0.3, 0.4) is 0 Å². The van der Waals surface area contributed by atoms with Crippen LogP contribution in [0.1, 0.15) is 36.8 Å². The molecule has 136 valence electrons. The number of nitrogens with one attached hydrogen (secondary N) is 1. The van der Waals surface area contributed by atoms with E-state index in [1.54, 1.807) is 0 Å². The monoisotopic (exact) mass is 365 g/mol. The Morgan fingerprint density at radius 2 is 1.76 bits per heavy atom. The molecule has 3 heterocycles. The molecule has 1 aromatic heterocycles. The van der Waals surface area contributed by atoms with Gasteiger partial charge in [0.2, 0.25) is 0 Å². The minimum absolute atomic E-state index is 0. The second-order valence-electron chi connectivity index (χ2n) is 7.25. The molecule has 1 N–H and O–H groups in total. The normalized spacial score (nSPS) is 25.8. The lowest BCUT2D eigenvalue weighted by atomic mass is 10.0. The number of aryl methyl sites for hydroxylation is 2. The van der Waals surface area contributed by atoms with Crippen molar-refractivity contribution in [1.82, 2.24) is 14.5 Å². The van der Waals surface area contributed by atoms with Crippen molar-refractivity contribution in [3.05, 3.63) is 33.7 Å². The molecular weight excluding hydrogens is 342 g/mol. The van der Waals surface area contributed by atoms with Crippen LogP contribution in [0.2, 0.25) is 0 Å². The predicted octanol–water partition coefficient (Wildman–Crippen LogP) is 2.98. The van der Waals surface area contributed by atoms with Gasteiger partial charge in [-0.2, -0.15) is 4.57 Å². The minimum atomic E-state index is -0.566. The van der Waals surface area contributed by atoms with E-state index in [9.17, 15) is 9.59 Å². The van der Waals surface area contributed by atoms with E-state index in [2.05, 4.69) is 16.9 Å². The average molecular weight is 366 g/mol. The maximum atomic E-state index is 12.6. The van der Waals surface area contributed by atoms with E-state index in [0.717, 1.165) is 28.5 Å². The summed E-state index contributed by atoms with van der Waals surface area (Å²) in [5.74, 6) is 0. The van der Waals surface area contributed by atoms with E-state index in [1.165, 1.54) is 12.8 Å². The Morgan fingerprint density at radius 3 is 2.40 bits per heavy atom. The fraction of sp³-hybridized carbons (Fsp3) is 0.556. The van der Waals surface area contributed by atoms with Crippen molar-refractivity contribution in [3.63, 3.8) is 0 Å². The summed E-state index contributed by atoms with van der Waals surface area (Å²) in [7, 11) is 2.15. The molecule has 7 heteroatoms. The lowest BCUT2D eigenvalue weighted by molar-refractivity contribution is 0.0290. The molecule has 2 unspecified atom stereocenters. The zero-order valence-electron chi connectivity index (χ0n) is 14.7. The molecule has 2 aliphatic rings. The van der Waals surface area contributed by atoms with Crippen molar-refractivity contribution in [2.75, 3.05) is 7.05 Å². The third kappa shape index (κ3) is 2.98. The first-order chi connectivity index (χ1) is 11.4. The fourth-order valence-corrected chi connectivity index (χ4v) is 4.20. The summed E-state index contributed by atoms with van der Waals surface area (Å²) in [6.07, 6.45) is 3.38. The molecule has 2 aliphatic heterocycles. The van der Waals surface area contributed by atoms with Crippen LogP contribution in [0.4, 0.5) is 4.79 Å². The van der Waals surface area contributed by atoms with Gasteiger partial charge in [0.15, 0.2) is 0 Å². The molecule has 25 heavy (non-hydrogen) atoms. The SMILES string of the molecule is Cc1cc2[nH]c(=O)n(C(=O)OC3CC4CCC(C3)N4C)c2cc1C.Cl. The number of nitrogens with zero attached hydrogens (tertiary/aromatic N) is 2. The number of aromatic amines is 1. The highest BCUT2D eigenvalue weighted by atomic mass is 35.5. The number of piperidine rings is 1. The van der Waals surface area contributed by atoms with Crippen LogP contribution in [0, 0.1) is 13.8 Å². The molecule has 0 radical (unpaired) electrons. The van der Waals surface area contributed by atoms with Gasteiger partial charge >= 0.3 is 11.8 Å². The minimum Gasteiger partial charge on any atom is -0.445 e. The van der Waals surface area contributed by atoms with Crippen LogP contribution < -0.4 is 5.69 Å². The summed E-state index contributed by atoms with van der Waals surface area (Å²) < 4.78 is 6.83. The third-order valence-electron chi connectivity index (χ3n) is 5.80. The lowest BCUT2D eigenvalue weighted by Crippen LogP contribution is -2.44. The Hall–Kier alpha value is -1.79. The molecule has 4 rings (SSSR count). The van der Waals surface area contributed by atoms with Crippen molar-refractivity contribution in [2.24, 2.45) is 0 Å². The number of carbonyl (C=O) groups excluding carboxylic acids is 1. The molecule has 0 spiro atoms. The first-order valence-electron chi connectivity index (χ1n) is 8.59. The van der Waals surface area contributed by atoms with E-state index in [-0.39, 0.29) is 18.5 Å². The molecule has 2 aromatic rings. The molecule has 2 fully saturated rings. The highest BCUT2D eigenvalue weighted by Gasteiger charge is 2.40. The number of imidazole rings is 1. The Morgan fingerprint density at radius 1 is 1.16 bits per heavy atom. The van der Waals surface area contributed by atoms with Gasteiger partial charge in [-0.3, -0.25) is 0 Å². The van der Waals surface area contributed by atoms with Crippen LogP contribution in [0.5, 0.6) is 0 Å². The van der Waals surface area contributed by atoms with Crippen LogP contribution in [0.25, 0.3) is 11.0 Å². The van der Waals surface area contributed by atoms with Crippen LogP contribution in [-0.2, 0) is 4.74 Å². The molecular formula is C18H24ClN3O3. The number of aromatic nitrogens is 2. The number of benzene rings is 1. The van der Waals surface area contributed by atoms with Crippen LogP contribution in [-0.4, -0.2) is 45.8 Å². The first kappa shape index (κ1) is 18.0. The van der Waals surface area contributed by atoms with Crippen LogP contribution >= 0.6 is 12.4 Å². The number of hydrogen-bond donors (Lipinski definition) is 1. The Balaban J connectivity index is 0.00000182. The topological polar surface area (TPSA) is 67.3 Å². The van der Waals surface area contributed by atoms with Crippen molar-refractivity contribution < 1.29 is 9.53 Å². The molecule has 0 amide bonds. The third-order valence-corrected chi connectivity index (χ3v) is 5.80. The van der Waals surface area contributed by atoms with Crippen molar-refractivity contribution >= 4 is 29.5 Å². The number of hydrogen-bond acceptors (Lipinski definition) is 4. The molecule has 0 aliphatic carbocycles. The molecule has 2 atom stereocenters. The molecule has 2 saturated heterocycles. The van der Waals surface area contributed by atoms with Gasteiger partial charge in [-0.1, -0.05) is 0 Å². The van der Waals surface area contributed by atoms with Gasteiger partial charge in [-0.05, 0) is 57.0 Å².